The molecule has 0 saturated carbocycles. The van der Waals surface area contributed by atoms with Crippen molar-refractivity contribution in [2.24, 2.45) is 0 Å². The average Bonchev–Trinajstić information content (AvgIpc) is 2.97. The van der Waals surface area contributed by atoms with Crippen LogP contribution < -0.4 is 0 Å². The first-order valence-corrected chi connectivity index (χ1v) is 7.74. The number of rotatable bonds is 3. The van der Waals surface area contributed by atoms with E-state index in [0.29, 0.717) is 22.3 Å². The number of hydrogen-bond acceptors (Lipinski definition) is 4. The van der Waals surface area contributed by atoms with E-state index in [-0.39, 0.29) is 6.61 Å². The molecule has 0 saturated heterocycles. The van der Waals surface area contributed by atoms with Crippen LogP contribution in [0.25, 0.3) is 16.8 Å². The zero-order chi connectivity index (χ0) is 17.3. The monoisotopic (exact) mass is 319 g/mol. The van der Waals surface area contributed by atoms with E-state index >= 15 is 0 Å². The molecule has 5 nitrogen and oxygen atoms in total. The van der Waals surface area contributed by atoms with Gasteiger partial charge < -0.3 is 4.74 Å². The van der Waals surface area contributed by atoms with Crippen molar-refractivity contribution < 1.29 is 9.53 Å². The molecule has 0 amide bonds. The van der Waals surface area contributed by atoms with Gasteiger partial charge in [0.15, 0.2) is 0 Å². The topological polar surface area (TPSA) is 67.4 Å². The first-order valence-electron chi connectivity index (χ1n) is 7.74. The Bertz CT molecular complexity index is 966. The molecular formula is C19H17N3O2. The molecule has 24 heavy (non-hydrogen) atoms. The summed E-state index contributed by atoms with van der Waals surface area (Å²) >= 11 is 0. The maximum Gasteiger partial charge on any atom is 0.342 e. The number of esters is 1. The van der Waals surface area contributed by atoms with Gasteiger partial charge in [-0.05, 0) is 32.4 Å². The Labute approximate surface area is 140 Å². The maximum atomic E-state index is 12.6. The van der Waals surface area contributed by atoms with Crippen LogP contribution in [0.1, 0.15) is 34.1 Å². The summed E-state index contributed by atoms with van der Waals surface area (Å²) in [5.41, 5.74) is 4.29. The fraction of sp³-hybridized carbons (Fsp3) is 0.211. The molecule has 3 aromatic rings. The van der Waals surface area contributed by atoms with Gasteiger partial charge >= 0.3 is 5.97 Å². The Hall–Kier alpha value is -3.13. The number of nitriles is 1. The first-order chi connectivity index (χ1) is 11.6. The smallest absolute Gasteiger partial charge is 0.342 e. The number of benzene rings is 1. The van der Waals surface area contributed by atoms with Crippen molar-refractivity contribution in [3.8, 4) is 17.3 Å². The van der Waals surface area contributed by atoms with Crippen molar-refractivity contribution >= 4 is 11.5 Å². The Balaban J connectivity index is 2.45. The third-order valence-electron chi connectivity index (χ3n) is 3.91. The highest BCUT2D eigenvalue weighted by Gasteiger charge is 2.26. The number of aryl methyl sites for hydroxylation is 2. The average molecular weight is 319 g/mol. The van der Waals surface area contributed by atoms with Gasteiger partial charge in [0.1, 0.15) is 17.3 Å². The van der Waals surface area contributed by atoms with E-state index in [1.807, 2.05) is 50.2 Å². The van der Waals surface area contributed by atoms with Crippen molar-refractivity contribution in [2.75, 3.05) is 6.61 Å². The second-order valence-corrected chi connectivity index (χ2v) is 5.53. The second-order valence-electron chi connectivity index (χ2n) is 5.53. The van der Waals surface area contributed by atoms with Gasteiger partial charge in [-0.15, -0.1) is 0 Å². The predicted octanol–water partition coefficient (Wildman–Crippen LogP) is 3.67. The zero-order valence-corrected chi connectivity index (χ0v) is 13.8. The molecule has 2 heterocycles. The molecule has 0 fully saturated rings. The van der Waals surface area contributed by atoms with E-state index in [1.165, 1.54) is 0 Å². The Morgan fingerprint density at radius 2 is 2.00 bits per heavy atom. The van der Waals surface area contributed by atoms with Crippen molar-refractivity contribution in [3.05, 3.63) is 58.8 Å². The lowest BCUT2D eigenvalue weighted by atomic mass is 10.0. The summed E-state index contributed by atoms with van der Waals surface area (Å²) < 4.78 is 6.89. The van der Waals surface area contributed by atoms with Crippen LogP contribution in [0.5, 0.6) is 0 Å². The van der Waals surface area contributed by atoms with Crippen LogP contribution in [0.15, 0.2) is 36.4 Å². The molecule has 0 atom stereocenters. The second kappa shape index (κ2) is 6.17. The molecule has 0 aliphatic heterocycles. The lowest BCUT2D eigenvalue weighted by molar-refractivity contribution is 0.0529. The Morgan fingerprint density at radius 3 is 2.62 bits per heavy atom. The zero-order valence-electron chi connectivity index (χ0n) is 13.8. The molecule has 0 radical (unpaired) electrons. The molecule has 0 aliphatic rings. The lowest BCUT2D eigenvalue weighted by Crippen LogP contribution is -2.07. The van der Waals surface area contributed by atoms with Gasteiger partial charge in [0.2, 0.25) is 0 Å². The summed E-state index contributed by atoms with van der Waals surface area (Å²) in [5, 5.41) is 14.2. The van der Waals surface area contributed by atoms with E-state index in [2.05, 4.69) is 11.2 Å². The summed E-state index contributed by atoms with van der Waals surface area (Å²) in [7, 11) is 0. The van der Waals surface area contributed by atoms with Crippen molar-refractivity contribution in [1.82, 2.24) is 9.61 Å². The molecule has 2 aromatic heterocycles. The molecule has 1 aromatic carbocycles. The van der Waals surface area contributed by atoms with Crippen LogP contribution in [-0.4, -0.2) is 22.2 Å². The number of nitrogens with zero attached hydrogens (tertiary/aromatic N) is 3. The fourth-order valence-electron chi connectivity index (χ4n) is 2.87. The largest absolute Gasteiger partial charge is 0.462 e. The van der Waals surface area contributed by atoms with Crippen LogP contribution in [0.3, 0.4) is 0 Å². The highest BCUT2D eigenvalue weighted by Crippen LogP contribution is 2.30. The van der Waals surface area contributed by atoms with Crippen LogP contribution in [0.2, 0.25) is 0 Å². The minimum Gasteiger partial charge on any atom is -0.462 e. The number of fused-ring (bicyclic) bond motifs is 1. The normalized spacial score (nSPS) is 10.6. The van der Waals surface area contributed by atoms with Crippen LogP contribution >= 0.6 is 0 Å². The lowest BCUT2D eigenvalue weighted by Gasteiger charge is -2.07. The number of ether oxygens (including phenoxy) is 1. The third-order valence-corrected chi connectivity index (χ3v) is 3.91. The van der Waals surface area contributed by atoms with Crippen molar-refractivity contribution in [3.63, 3.8) is 0 Å². The van der Waals surface area contributed by atoms with E-state index < -0.39 is 5.97 Å². The van der Waals surface area contributed by atoms with Crippen molar-refractivity contribution in [1.29, 1.82) is 5.26 Å². The standard InChI is InChI=1S/C19H17N3O2/c1-4-24-19(23)16-17(14-8-6-5-7-9-14)21-22-13(3)10-12(2)15(11-20)18(16)22/h5-10H,4H2,1-3H3. The maximum absolute atomic E-state index is 12.6. The number of hydrogen-bond donors (Lipinski definition) is 0. The minimum atomic E-state index is -0.465. The third kappa shape index (κ3) is 2.42. The number of carbonyl (C=O) groups excluding carboxylic acids is 1. The Morgan fingerprint density at radius 1 is 1.29 bits per heavy atom. The van der Waals surface area contributed by atoms with Gasteiger partial charge in [0, 0.05) is 11.3 Å². The highest BCUT2D eigenvalue weighted by molar-refractivity contribution is 6.05. The molecule has 0 aliphatic carbocycles. The molecule has 0 bridgehead atoms. The molecule has 0 unspecified atom stereocenters. The van der Waals surface area contributed by atoms with E-state index in [0.717, 1.165) is 16.8 Å². The fourth-order valence-corrected chi connectivity index (χ4v) is 2.87. The van der Waals surface area contributed by atoms with Crippen LogP contribution in [0, 0.1) is 25.2 Å². The van der Waals surface area contributed by atoms with Gasteiger partial charge in [-0.1, -0.05) is 30.3 Å². The van der Waals surface area contributed by atoms with Crippen LogP contribution in [-0.2, 0) is 4.74 Å². The predicted molar refractivity (Wildman–Crippen MR) is 90.8 cm³/mol. The van der Waals surface area contributed by atoms with Crippen molar-refractivity contribution in [2.45, 2.75) is 20.8 Å². The SMILES string of the molecule is CCOC(=O)c1c(-c2ccccc2)nn2c(C)cc(C)c(C#N)c12. The molecule has 120 valence electrons. The molecule has 5 heteroatoms. The van der Waals surface area contributed by atoms with E-state index in [9.17, 15) is 10.1 Å². The molecule has 0 spiro atoms. The van der Waals surface area contributed by atoms with Crippen LogP contribution in [0.4, 0.5) is 0 Å². The highest BCUT2D eigenvalue weighted by atomic mass is 16.5. The molecule has 3 rings (SSSR count). The summed E-state index contributed by atoms with van der Waals surface area (Å²) in [6, 6.07) is 13.5. The quantitative estimate of drug-likeness (QED) is 0.691. The van der Waals surface area contributed by atoms with E-state index in [4.69, 9.17) is 4.74 Å². The first kappa shape index (κ1) is 15.8. The van der Waals surface area contributed by atoms with Gasteiger partial charge in [0.05, 0.1) is 17.7 Å². The molecular weight excluding hydrogens is 302 g/mol. The summed E-state index contributed by atoms with van der Waals surface area (Å²) in [6.45, 7) is 5.78. The summed E-state index contributed by atoms with van der Waals surface area (Å²) in [6.07, 6.45) is 0. The number of carbonyl (C=O) groups is 1. The molecule has 0 N–H and O–H groups in total. The van der Waals surface area contributed by atoms with Gasteiger partial charge in [-0.3, -0.25) is 0 Å². The van der Waals surface area contributed by atoms with Gasteiger partial charge in [0.25, 0.3) is 0 Å². The Kier molecular flexibility index (Phi) is 4.05. The van der Waals surface area contributed by atoms with Gasteiger partial charge in [-0.25, -0.2) is 9.31 Å². The summed E-state index contributed by atoms with van der Waals surface area (Å²) in [5.74, 6) is -0.465. The number of pyridine rings is 1. The van der Waals surface area contributed by atoms with E-state index in [1.54, 1.807) is 11.4 Å². The van der Waals surface area contributed by atoms with Gasteiger partial charge in [-0.2, -0.15) is 10.4 Å². The number of aromatic nitrogens is 2. The minimum absolute atomic E-state index is 0.261. The summed E-state index contributed by atoms with van der Waals surface area (Å²) in [4.78, 5) is 12.6.